The molecule has 0 N–H and O–H groups in total. The SMILES string of the molecule is CC#CCCN(CC#CC)Cc1ccccc1. The van der Waals surface area contributed by atoms with Crippen molar-refractivity contribution in [3.63, 3.8) is 0 Å². The molecule has 0 bridgehead atoms. The van der Waals surface area contributed by atoms with Crippen molar-refractivity contribution < 1.29 is 0 Å². The minimum Gasteiger partial charge on any atom is -0.287 e. The first-order valence-electron chi connectivity index (χ1n) is 5.92. The van der Waals surface area contributed by atoms with E-state index >= 15 is 0 Å². The molecule has 0 aliphatic carbocycles. The molecule has 0 heterocycles. The summed E-state index contributed by atoms with van der Waals surface area (Å²) in [4.78, 5) is 2.33. The van der Waals surface area contributed by atoms with Gasteiger partial charge < -0.3 is 0 Å². The second kappa shape index (κ2) is 8.45. The minimum absolute atomic E-state index is 0.816. The lowest BCUT2D eigenvalue weighted by atomic mass is 10.2. The number of hydrogen-bond donors (Lipinski definition) is 0. The van der Waals surface area contributed by atoms with Crippen molar-refractivity contribution >= 4 is 0 Å². The van der Waals surface area contributed by atoms with Gasteiger partial charge in [-0.2, -0.15) is 0 Å². The maximum Gasteiger partial charge on any atom is 0.0604 e. The minimum atomic E-state index is 0.816. The highest BCUT2D eigenvalue weighted by molar-refractivity contribution is 5.15. The van der Waals surface area contributed by atoms with Gasteiger partial charge in [0, 0.05) is 19.5 Å². The van der Waals surface area contributed by atoms with Gasteiger partial charge in [-0.3, -0.25) is 4.90 Å². The van der Waals surface area contributed by atoms with E-state index in [0.29, 0.717) is 0 Å². The molecule has 0 atom stereocenters. The predicted octanol–water partition coefficient (Wildman–Crippen LogP) is 2.93. The third-order valence-corrected chi connectivity index (χ3v) is 2.46. The average molecular weight is 225 g/mol. The number of benzene rings is 1. The van der Waals surface area contributed by atoms with Crippen LogP contribution in [-0.4, -0.2) is 18.0 Å². The maximum atomic E-state index is 3.12. The number of rotatable bonds is 5. The van der Waals surface area contributed by atoms with E-state index in [4.69, 9.17) is 0 Å². The van der Waals surface area contributed by atoms with Gasteiger partial charge >= 0.3 is 0 Å². The van der Waals surface area contributed by atoms with Crippen molar-refractivity contribution in [2.45, 2.75) is 26.8 Å². The summed E-state index contributed by atoms with van der Waals surface area (Å²) in [7, 11) is 0. The smallest absolute Gasteiger partial charge is 0.0604 e. The van der Waals surface area contributed by atoms with Gasteiger partial charge in [0.2, 0.25) is 0 Å². The monoisotopic (exact) mass is 225 g/mol. The highest BCUT2D eigenvalue weighted by Crippen LogP contribution is 2.04. The van der Waals surface area contributed by atoms with Crippen LogP contribution in [0.2, 0.25) is 0 Å². The van der Waals surface area contributed by atoms with Gasteiger partial charge in [0.25, 0.3) is 0 Å². The van der Waals surface area contributed by atoms with Gasteiger partial charge in [0.1, 0.15) is 0 Å². The van der Waals surface area contributed by atoms with Crippen LogP contribution in [0.25, 0.3) is 0 Å². The van der Waals surface area contributed by atoms with Crippen molar-refractivity contribution in [3.05, 3.63) is 35.9 Å². The van der Waals surface area contributed by atoms with Crippen LogP contribution in [0.1, 0.15) is 25.8 Å². The molecule has 0 spiro atoms. The van der Waals surface area contributed by atoms with E-state index in [1.165, 1.54) is 5.56 Å². The lowest BCUT2D eigenvalue weighted by Crippen LogP contribution is -2.24. The Hall–Kier alpha value is -1.70. The molecule has 1 heteroatoms. The fourth-order valence-corrected chi connectivity index (χ4v) is 1.59. The van der Waals surface area contributed by atoms with Gasteiger partial charge in [-0.15, -0.1) is 17.8 Å². The average Bonchev–Trinajstić information content (AvgIpc) is 2.37. The van der Waals surface area contributed by atoms with Gasteiger partial charge in [0.05, 0.1) is 6.54 Å². The van der Waals surface area contributed by atoms with Crippen LogP contribution in [0, 0.1) is 23.7 Å². The van der Waals surface area contributed by atoms with Crippen LogP contribution < -0.4 is 0 Å². The Morgan fingerprint density at radius 1 is 1.00 bits per heavy atom. The molecule has 0 unspecified atom stereocenters. The van der Waals surface area contributed by atoms with Gasteiger partial charge in [-0.1, -0.05) is 36.3 Å². The molecule has 0 aromatic heterocycles. The second-order valence-corrected chi connectivity index (χ2v) is 3.80. The summed E-state index contributed by atoms with van der Waals surface area (Å²) in [5.74, 6) is 12.1. The fraction of sp³-hybridized carbons (Fsp3) is 0.375. The Balaban J connectivity index is 2.54. The third kappa shape index (κ3) is 5.81. The molecule has 0 amide bonds. The molecule has 1 nitrogen and oxygen atoms in total. The van der Waals surface area contributed by atoms with Crippen molar-refractivity contribution in [1.82, 2.24) is 4.90 Å². The maximum absolute atomic E-state index is 3.12. The highest BCUT2D eigenvalue weighted by Gasteiger charge is 2.02. The quantitative estimate of drug-likeness (QED) is 0.696. The Morgan fingerprint density at radius 3 is 2.35 bits per heavy atom. The van der Waals surface area contributed by atoms with Crippen molar-refractivity contribution in [2.24, 2.45) is 0 Å². The summed E-state index contributed by atoms with van der Waals surface area (Å²) >= 11 is 0. The molecule has 0 aliphatic heterocycles. The van der Waals surface area contributed by atoms with Crippen LogP contribution in [0.3, 0.4) is 0 Å². The molecule has 0 aliphatic rings. The summed E-state index contributed by atoms with van der Waals surface area (Å²) in [6.07, 6.45) is 0.911. The Kier molecular flexibility index (Phi) is 6.64. The summed E-state index contributed by atoms with van der Waals surface area (Å²) in [6.45, 7) is 6.50. The first kappa shape index (κ1) is 13.4. The standard InChI is InChI=1S/C16H19N/c1-3-5-10-14-17(13-6-4-2)15-16-11-8-7-9-12-16/h7-9,11-12H,10,13-15H2,1-2H3. The highest BCUT2D eigenvalue weighted by atomic mass is 15.1. The van der Waals surface area contributed by atoms with Crippen molar-refractivity contribution in [1.29, 1.82) is 0 Å². The van der Waals surface area contributed by atoms with E-state index in [-0.39, 0.29) is 0 Å². The topological polar surface area (TPSA) is 3.24 Å². The fourth-order valence-electron chi connectivity index (χ4n) is 1.59. The zero-order chi connectivity index (χ0) is 12.3. The summed E-state index contributed by atoms with van der Waals surface area (Å²) in [5, 5.41) is 0. The van der Waals surface area contributed by atoms with E-state index in [1.54, 1.807) is 0 Å². The normalized spacial score (nSPS) is 9.12. The summed E-state index contributed by atoms with van der Waals surface area (Å²) in [5.41, 5.74) is 1.33. The largest absolute Gasteiger partial charge is 0.287 e. The van der Waals surface area contributed by atoms with Crippen LogP contribution >= 0.6 is 0 Å². The molecule has 17 heavy (non-hydrogen) atoms. The Labute approximate surface area is 105 Å². The molecule has 0 saturated carbocycles. The van der Waals surface area contributed by atoms with Crippen LogP contribution in [0.5, 0.6) is 0 Å². The summed E-state index contributed by atoms with van der Waals surface area (Å²) in [6, 6.07) is 10.5. The van der Waals surface area contributed by atoms with E-state index < -0.39 is 0 Å². The molecular weight excluding hydrogens is 206 g/mol. The Morgan fingerprint density at radius 2 is 1.71 bits per heavy atom. The van der Waals surface area contributed by atoms with E-state index in [1.807, 2.05) is 19.9 Å². The summed E-state index contributed by atoms with van der Waals surface area (Å²) < 4.78 is 0. The van der Waals surface area contributed by atoms with E-state index in [9.17, 15) is 0 Å². The molecule has 0 radical (unpaired) electrons. The number of hydrogen-bond acceptors (Lipinski definition) is 1. The molecule has 1 aromatic rings. The molecule has 88 valence electrons. The van der Waals surface area contributed by atoms with Gasteiger partial charge in [0.15, 0.2) is 0 Å². The molecular formula is C16H19N. The zero-order valence-corrected chi connectivity index (χ0v) is 10.7. The molecule has 0 saturated heterocycles. The van der Waals surface area contributed by atoms with Crippen LogP contribution in [-0.2, 0) is 6.54 Å². The molecule has 1 rings (SSSR count). The van der Waals surface area contributed by atoms with Gasteiger partial charge in [-0.05, 0) is 19.4 Å². The third-order valence-electron chi connectivity index (χ3n) is 2.46. The lowest BCUT2D eigenvalue weighted by Gasteiger charge is -2.18. The second-order valence-electron chi connectivity index (χ2n) is 3.80. The van der Waals surface area contributed by atoms with Crippen LogP contribution in [0.15, 0.2) is 30.3 Å². The molecule has 1 aromatic carbocycles. The van der Waals surface area contributed by atoms with E-state index in [2.05, 4.69) is 52.8 Å². The molecule has 0 fully saturated rings. The zero-order valence-electron chi connectivity index (χ0n) is 10.7. The van der Waals surface area contributed by atoms with Crippen molar-refractivity contribution in [3.8, 4) is 23.7 Å². The van der Waals surface area contributed by atoms with Gasteiger partial charge in [-0.25, -0.2) is 0 Å². The Bertz CT molecular complexity index is 425. The predicted molar refractivity (Wildman–Crippen MR) is 73.2 cm³/mol. The van der Waals surface area contributed by atoms with Crippen LogP contribution in [0.4, 0.5) is 0 Å². The van der Waals surface area contributed by atoms with E-state index in [0.717, 1.165) is 26.1 Å². The van der Waals surface area contributed by atoms with Crippen molar-refractivity contribution in [2.75, 3.05) is 13.1 Å². The first-order valence-corrected chi connectivity index (χ1v) is 5.92. The number of nitrogens with zero attached hydrogens (tertiary/aromatic N) is 1. The lowest BCUT2D eigenvalue weighted by molar-refractivity contribution is 0.306. The first-order chi connectivity index (χ1) is 8.36.